The fraction of sp³-hybridized carbons (Fsp3) is 0.636. The second-order valence-electron chi connectivity index (χ2n) is 3.65. The zero-order chi connectivity index (χ0) is 10.3. The van der Waals surface area contributed by atoms with E-state index in [1.54, 1.807) is 12.2 Å². The summed E-state index contributed by atoms with van der Waals surface area (Å²) in [5.74, 6) is 0.678. The molecule has 0 aromatic rings. The van der Waals surface area contributed by atoms with Gasteiger partial charge in [0.05, 0.1) is 7.11 Å². The molecule has 0 unspecified atom stereocenters. The van der Waals surface area contributed by atoms with Crippen LogP contribution in [0.1, 0.15) is 20.3 Å². The SMILES string of the molecule is C=C(/C=C/CN(C)OC)CC(C)C. The van der Waals surface area contributed by atoms with E-state index in [2.05, 4.69) is 32.6 Å². The van der Waals surface area contributed by atoms with Crippen molar-refractivity contribution in [2.24, 2.45) is 5.92 Å². The Morgan fingerprint density at radius 3 is 2.62 bits per heavy atom. The first-order valence-electron chi connectivity index (χ1n) is 4.65. The maximum Gasteiger partial charge on any atom is 0.0575 e. The van der Waals surface area contributed by atoms with Crippen LogP contribution in [-0.4, -0.2) is 25.8 Å². The van der Waals surface area contributed by atoms with Crippen molar-refractivity contribution in [1.29, 1.82) is 0 Å². The second-order valence-corrected chi connectivity index (χ2v) is 3.65. The fourth-order valence-corrected chi connectivity index (χ4v) is 1.03. The molecule has 13 heavy (non-hydrogen) atoms. The van der Waals surface area contributed by atoms with Crippen LogP contribution in [0.5, 0.6) is 0 Å². The van der Waals surface area contributed by atoms with Gasteiger partial charge in [-0.05, 0) is 12.3 Å². The lowest BCUT2D eigenvalue weighted by molar-refractivity contribution is -0.0992. The van der Waals surface area contributed by atoms with Gasteiger partial charge in [0.15, 0.2) is 0 Å². The van der Waals surface area contributed by atoms with Crippen molar-refractivity contribution >= 4 is 0 Å². The summed E-state index contributed by atoms with van der Waals surface area (Å²) < 4.78 is 0. The average Bonchev–Trinajstić information content (AvgIpc) is 2.02. The molecule has 0 fully saturated rings. The van der Waals surface area contributed by atoms with E-state index in [1.807, 2.05) is 7.05 Å². The Hall–Kier alpha value is -0.600. The summed E-state index contributed by atoms with van der Waals surface area (Å²) >= 11 is 0. The lowest BCUT2D eigenvalue weighted by Gasteiger charge is -2.10. The highest BCUT2D eigenvalue weighted by Gasteiger charge is 1.95. The topological polar surface area (TPSA) is 12.5 Å². The maximum absolute atomic E-state index is 4.97. The van der Waals surface area contributed by atoms with Gasteiger partial charge in [-0.2, -0.15) is 5.06 Å². The predicted molar refractivity (Wildman–Crippen MR) is 57.4 cm³/mol. The molecule has 0 atom stereocenters. The van der Waals surface area contributed by atoms with E-state index in [9.17, 15) is 0 Å². The maximum atomic E-state index is 4.97. The first-order valence-corrected chi connectivity index (χ1v) is 4.65. The highest BCUT2D eigenvalue weighted by molar-refractivity contribution is 5.14. The van der Waals surface area contributed by atoms with Crippen molar-refractivity contribution in [3.8, 4) is 0 Å². The van der Waals surface area contributed by atoms with Gasteiger partial charge < -0.3 is 4.84 Å². The molecule has 0 bridgehead atoms. The molecule has 0 saturated carbocycles. The number of hydrogen-bond acceptors (Lipinski definition) is 2. The summed E-state index contributed by atoms with van der Waals surface area (Å²) in [6, 6.07) is 0. The lowest BCUT2D eigenvalue weighted by atomic mass is 10.0. The minimum atomic E-state index is 0.678. The summed E-state index contributed by atoms with van der Waals surface area (Å²) in [5.41, 5.74) is 1.18. The number of allylic oxidation sites excluding steroid dienone is 2. The number of rotatable bonds is 6. The minimum absolute atomic E-state index is 0.678. The van der Waals surface area contributed by atoms with Crippen molar-refractivity contribution in [2.45, 2.75) is 20.3 Å². The quantitative estimate of drug-likeness (QED) is 0.463. The Morgan fingerprint density at radius 1 is 1.54 bits per heavy atom. The smallest absolute Gasteiger partial charge is 0.0575 e. The molecule has 0 aromatic carbocycles. The molecule has 2 heteroatoms. The van der Waals surface area contributed by atoms with E-state index in [0.29, 0.717) is 5.92 Å². The third kappa shape index (κ3) is 7.75. The Bertz CT molecular complexity index is 173. The Balaban J connectivity index is 3.65. The van der Waals surface area contributed by atoms with Crippen LogP contribution < -0.4 is 0 Å². The monoisotopic (exact) mass is 183 g/mol. The van der Waals surface area contributed by atoms with Crippen molar-refractivity contribution in [1.82, 2.24) is 5.06 Å². The predicted octanol–water partition coefficient (Wildman–Crippen LogP) is 2.64. The molecule has 0 spiro atoms. The molecule has 0 saturated heterocycles. The van der Waals surface area contributed by atoms with Crippen LogP contribution in [-0.2, 0) is 4.84 Å². The molecule has 0 rings (SSSR count). The van der Waals surface area contributed by atoms with Crippen LogP contribution in [0.15, 0.2) is 24.3 Å². The zero-order valence-corrected chi connectivity index (χ0v) is 9.21. The van der Waals surface area contributed by atoms with Crippen molar-refractivity contribution < 1.29 is 4.84 Å². The average molecular weight is 183 g/mol. The van der Waals surface area contributed by atoms with E-state index in [4.69, 9.17) is 4.84 Å². The summed E-state index contributed by atoms with van der Waals surface area (Å²) in [6.45, 7) is 9.16. The summed E-state index contributed by atoms with van der Waals surface area (Å²) in [6.07, 6.45) is 5.19. The second kappa shape index (κ2) is 6.87. The van der Waals surface area contributed by atoms with Crippen LogP contribution in [0.2, 0.25) is 0 Å². The number of hydroxylamine groups is 2. The highest BCUT2D eigenvalue weighted by atomic mass is 16.7. The van der Waals surface area contributed by atoms with Crippen molar-refractivity contribution in [3.05, 3.63) is 24.3 Å². The number of hydrogen-bond donors (Lipinski definition) is 0. The fourth-order valence-electron chi connectivity index (χ4n) is 1.03. The van der Waals surface area contributed by atoms with Crippen LogP contribution in [0.3, 0.4) is 0 Å². The van der Waals surface area contributed by atoms with Gasteiger partial charge in [-0.1, -0.05) is 38.2 Å². The summed E-state index contributed by atoms with van der Waals surface area (Å²) in [5, 5.41) is 1.76. The Labute approximate surface area is 81.8 Å². The Morgan fingerprint density at radius 2 is 2.15 bits per heavy atom. The van der Waals surface area contributed by atoms with Gasteiger partial charge in [0.1, 0.15) is 0 Å². The molecule has 0 aromatic heterocycles. The molecule has 0 aliphatic carbocycles. The summed E-state index contributed by atoms with van der Waals surface area (Å²) in [7, 11) is 3.56. The first kappa shape index (κ1) is 12.4. The van der Waals surface area contributed by atoms with Crippen LogP contribution in [0.25, 0.3) is 0 Å². The van der Waals surface area contributed by atoms with E-state index in [-0.39, 0.29) is 0 Å². The minimum Gasteiger partial charge on any atom is -0.302 e. The van der Waals surface area contributed by atoms with Crippen molar-refractivity contribution in [3.63, 3.8) is 0 Å². The van der Waals surface area contributed by atoms with E-state index >= 15 is 0 Å². The molecule has 0 heterocycles. The number of nitrogens with zero attached hydrogens (tertiary/aromatic N) is 1. The molecular weight excluding hydrogens is 162 g/mol. The lowest BCUT2D eigenvalue weighted by Crippen LogP contribution is -2.15. The van der Waals surface area contributed by atoms with Crippen LogP contribution >= 0.6 is 0 Å². The number of likely N-dealkylation sites (N-methyl/N-ethyl adjacent to an activating group) is 1. The van der Waals surface area contributed by atoms with E-state index in [0.717, 1.165) is 13.0 Å². The molecule has 0 radical (unpaired) electrons. The molecular formula is C11H21NO. The molecule has 0 N–H and O–H groups in total. The molecule has 2 nitrogen and oxygen atoms in total. The third-order valence-corrected chi connectivity index (χ3v) is 1.70. The largest absolute Gasteiger partial charge is 0.302 e. The highest BCUT2D eigenvalue weighted by Crippen LogP contribution is 2.09. The van der Waals surface area contributed by atoms with E-state index in [1.165, 1.54) is 5.57 Å². The van der Waals surface area contributed by atoms with Crippen LogP contribution in [0.4, 0.5) is 0 Å². The third-order valence-electron chi connectivity index (χ3n) is 1.70. The van der Waals surface area contributed by atoms with Gasteiger partial charge in [0.25, 0.3) is 0 Å². The van der Waals surface area contributed by atoms with Gasteiger partial charge in [-0.25, -0.2) is 0 Å². The van der Waals surface area contributed by atoms with Crippen molar-refractivity contribution in [2.75, 3.05) is 20.7 Å². The standard InChI is InChI=1S/C11H21NO/c1-10(2)9-11(3)7-6-8-12(4)13-5/h6-7,10H,3,8-9H2,1-2,4-5H3/b7-6+. The van der Waals surface area contributed by atoms with Gasteiger partial charge >= 0.3 is 0 Å². The first-order chi connectivity index (χ1) is 6.06. The van der Waals surface area contributed by atoms with Gasteiger partial charge in [0.2, 0.25) is 0 Å². The Kier molecular flexibility index (Phi) is 6.55. The van der Waals surface area contributed by atoms with Gasteiger partial charge in [-0.15, -0.1) is 0 Å². The summed E-state index contributed by atoms with van der Waals surface area (Å²) in [4.78, 5) is 4.97. The normalized spacial score (nSPS) is 11.8. The van der Waals surface area contributed by atoms with E-state index < -0.39 is 0 Å². The van der Waals surface area contributed by atoms with Crippen LogP contribution in [0, 0.1) is 5.92 Å². The zero-order valence-electron chi connectivity index (χ0n) is 9.21. The molecule has 76 valence electrons. The molecule has 0 aliphatic rings. The van der Waals surface area contributed by atoms with Gasteiger partial charge in [0, 0.05) is 13.6 Å². The molecule has 0 aliphatic heterocycles. The van der Waals surface area contributed by atoms with Gasteiger partial charge in [-0.3, -0.25) is 0 Å². The molecule has 0 amide bonds.